The number of carboxylic acid groups (broad SMARTS) is 1. The summed E-state index contributed by atoms with van der Waals surface area (Å²) < 4.78 is 14.1. The highest BCUT2D eigenvalue weighted by molar-refractivity contribution is 7.12. The van der Waals surface area contributed by atoms with Crippen molar-refractivity contribution in [2.75, 3.05) is 13.6 Å². The van der Waals surface area contributed by atoms with Crippen molar-refractivity contribution in [3.8, 4) is 11.3 Å². The zero-order valence-electron chi connectivity index (χ0n) is 11.4. The third-order valence-electron chi connectivity index (χ3n) is 2.91. The standard InChI is InChI=1S/C13H13ClFN3O2S/c1-7-17-11(8-3-5-16-12(14)10(8)15)9(21-7)4-6-18(2)13(19)20/h3,5H,4,6H2,1-2H3,(H,19,20). The van der Waals surface area contributed by atoms with E-state index < -0.39 is 11.9 Å². The van der Waals surface area contributed by atoms with Gasteiger partial charge >= 0.3 is 6.09 Å². The molecule has 0 aliphatic heterocycles. The predicted molar refractivity (Wildman–Crippen MR) is 79.4 cm³/mol. The molecule has 0 radical (unpaired) electrons. The van der Waals surface area contributed by atoms with Gasteiger partial charge in [-0.2, -0.15) is 0 Å². The quantitative estimate of drug-likeness (QED) is 0.872. The van der Waals surface area contributed by atoms with Crippen molar-refractivity contribution in [1.82, 2.24) is 14.9 Å². The van der Waals surface area contributed by atoms with E-state index in [1.165, 1.54) is 35.5 Å². The molecule has 0 atom stereocenters. The van der Waals surface area contributed by atoms with Crippen LogP contribution in [0.15, 0.2) is 12.3 Å². The lowest BCUT2D eigenvalue weighted by Crippen LogP contribution is -2.26. The minimum Gasteiger partial charge on any atom is -0.465 e. The number of hydrogen-bond donors (Lipinski definition) is 1. The molecule has 5 nitrogen and oxygen atoms in total. The summed E-state index contributed by atoms with van der Waals surface area (Å²) in [5, 5.41) is 9.44. The second-order valence-corrected chi connectivity index (χ2v) is 6.07. The highest BCUT2D eigenvalue weighted by Crippen LogP contribution is 2.32. The average molecular weight is 330 g/mol. The van der Waals surface area contributed by atoms with Gasteiger partial charge in [0.2, 0.25) is 0 Å². The fourth-order valence-corrected chi connectivity index (χ4v) is 2.91. The minimum absolute atomic E-state index is 0.202. The second-order valence-electron chi connectivity index (χ2n) is 4.42. The SMILES string of the molecule is Cc1nc(-c2ccnc(Cl)c2F)c(CCN(C)C(=O)O)s1. The molecule has 0 bridgehead atoms. The lowest BCUT2D eigenvalue weighted by atomic mass is 10.1. The molecule has 0 saturated heterocycles. The van der Waals surface area contributed by atoms with Gasteiger partial charge < -0.3 is 10.0 Å². The van der Waals surface area contributed by atoms with Crippen LogP contribution in [-0.2, 0) is 6.42 Å². The van der Waals surface area contributed by atoms with Crippen molar-refractivity contribution in [2.24, 2.45) is 0 Å². The van der Waals surface area contributed by atoms with E-state index in [4.69, 9.17) is 16.7 Å². The Balaban J connectivity index is 2.33. The topological polar surface area (TPSA) is 66.3 Å². The van der Waals surface area contributed by atoms with Crippen LogP contribution in [0.5, 0.6) is 0 Å². The maximum Gasteiger partial charge on any atom is 0.407 e. The molecule has 21 heavy (non-hydrogen) atoms. The highest BCUT2D eigenvalue weighted by atomic mass is 35.5. The highest BCUT2D eigenvalue weighted by Gasteiger charge is 2.18. The number of pyridine rings is 1. The van der Waals surface area contributed by atoms with E-state index in [0.717, 1.165) is 9.88 Å². The third-order valence-corrected chi connectivity index (χ3v) is 4.20. The summed E-state index contributed by atoms with van der Waals surface area (Å²) >= 11 is 7.11. The summed E-state index contributed by atoms with van der Waals surface area (Å²) in [5.41, 5.74) is 0.783. The minimum atomic E-state index is -1.00. The fourth-order valence-electron chi connectivity index (χ4n) is 1.82. The molecule has 2 aromatic heterocycles. The lowest BCUT2D eigenvalue weighted by molar-refractivity contribution is 0.156. The average Bonchev–Trinajstić information content (AvgIpc) is 2.80. The van der Waals surface area contributed by atoms with Gasteiger partial charge in [-0.15, -0.1) is 11.3 Å². The predicted octanol–water partition coefficient (Wildman–Crippen LogP) is 3.46. The van der Waals surface area contributed by atoms with Crippen LogP contribution in [0.4, 0.5) is 9.18 Å². The fraction of sp³-hybridized carbons (Fsp3) is 0.308. The van der Waals surface area contributed by atoms with Gasteiger partial charge in [0.15, 0.2) is 11.0 Å². The second kappa shape index (κ2) is 6.36. The number of nitrogens with zero attached hydrogens (tertiary/aromatic N) is 3. The van der Waals surface area contributed by atoms with E-state index in [9.17, 15) is 9.18 Å². The third kappa shape index (κ3) is 3.48. The molecule has 1 amide bonds. The number of rotatable bonds is 4. The Labute approximate surface area is 130 Å². The van der Waals surface area contributed by atoms with Crippen molar-refractivity contribution in [1.29, 1.82) is 0 Å². The Bertz CT molecular complexity index is 677. The lowest BCUT2D eigenvalue weighted by Gasteiger charge is -2.12. The van der Waals surface area contributed by atoms with Crippen molar-refractivity contribution >= 4 is 29.0 Å². The van der Waals surface area contributed by atoms with Crippen molar-refractivity contribution in [2.45, 2.75) is 13.3 Å². The van der Waals surface area contributed by atoms with Gasteiger partial charge in [0.25, 0.3) is 0 Å². The van der Waals surface area contributed by atoms with Crippen LogP contribution in [0.3, 0.4) is 0 Å². The molecule has 2 rings (SSSR count). The van der Waals surface area contributed by atoms with Gasteiger partial charge in [-0.3, -0.25) is 0 Å². The zero-order chi connectivity index (χ0) is 15.6. The number of halogens is 2. The van der Waals surface area contributed by atoms with Gasteiger partial charge in [-0.25, -0.2) is 19.2 Å². The first-order chi connectivity index (χ1) is 9.90. The van der Waals surface area contributed by atoms with E-state index in [0.29, 0.717) is 18.7 Å². The summed E-state index contributed by atoms with van der Waals surface area (Å²) in [6.45, 7) is 2.13. The van der Waals surface area contributed by atoms with Crippen LogP contribution in [0, 0.1) is 12.7 Å². The number of aryl methyl sites for hydroxylation is 1. The van der Waals surface area contributed by atoms with Crippen LogP contribution in [0.1, 0.15) is 9.88 Å². The van der Waals surface area contributed by atoms with Gasteiger partial charge in [-0.05, 0) is 13.0 Å². The van der Waals surface area contributed by atoms with Crippen LogP contribution in [0.2, 0.25) is 5.15 Å². The van der Waals surface area contributed by atoms with Crippen molar-refractivity contribution < 1.29 is 14.3 Å². The maximum absolute atomic E-state index is 14.1. The zero-order valence-corrected chi connectivity index (χ0v) is 13.0. The molecular formula is C13H13ClFN3O2S. The number of aromatic nitrogens is 2. The number of thiazole rings is 1. The molecule has 8 heteroatoms. The van der Waals surface area contributed by atoms with Gasteiger partial charge in [0, 0.05) is 36.7 Å². The maximum atomic E-state index is 14.1. The van der Waals surface area contributed by atoms with E-state index in [1.807, 2.05) is 6.92 Å². The monoisotopic (exact) mass is 329 g/mol. The molecule has 1 N–H and O–H groups in total. The molecule has 2 heterocycles. The molecule has 0 aliphatic rings. The van der Waals surface area contributed by atoms with Crippen molar-refractivity contribution in [3.63, 3.8) is 0 Å². The Morgan fingerprint density at radius 2 is 2.29 bits per heavy atom. The first-order valence-electron chi connectivity index (χ1n) is 6.11. The number of carbonyl (C=O) groups is 1. The van der Waals surface area contributed by atoms with Crippen LogP contribution >= 0.6 is 22.9 Å². The first-order valence-corrected chi connectivity index (χ1v) is 7.30. The van der Waals surface area contributed by atoms with E-state index in [-0.39, 0.29) is 10.7 Å². The molecule has 0 unspecified atom stereocenters. The summed E-state index contributed by atoms with van der Waals surface area (Å²) in [6, 6.07) is 1.51. The molecule has 112 valence electrons. The molecule has 0 fully saturated rings. The van der Waals surface area contributed by atoms with Crippen LogP contribution in [0.25, 0.3) is 11.3 Å². The summed E-state index contributed by atoms with van der Waals surface area (Å²) in [4.78, 5) is 20.8. The Morgan fingerprint density at radius 3 is 2.95 bits per heavy atom. The van der Waals surface area contributed by atoms with E-state index in [2.05, 4.69) is 9.97 Å². The Morgan fingerprint density at radius 1 is 1.57 bits per heavy atom. The van der Waals surface area contributed by atoms with Gasteiger partial charge in [0.05, 0.1) is 10.7 Å². The smallest absolute Gasteiger partial charge is 0.407 e. The number of likely N-dealkylation sites (N-methyl/N-ethyl adjacent to an activating group) is 1. The normalized spacial score (nSPS) is 10.7. The Kier molecular flexibility index (Phi) is 4.74. The molecular weight excluding hydrogens is 317 g/mol. The number of hydrogen-bond acceptors (Lipinski definition) is 4. The van der Waals surface area contributed by atoms with E-state index >= 15 is 0 Å². The van der Waals surface area contributed by atoms with E-state index in [1.54, 1.807) is 0 Å². The number of amides is 1. The molecule has 0 saturated carbocycles. The summed E-state index contributed by atoms with van der Waals surface area (Å²) in [5.74, 6) is -0.614. The Hall–Kier alpha value is -1.73. The van der Waals surface area contributed by atoms with Crippen LogP contribution < -0.4 is 0 Å². The first kappa shape index (κ1) is 15.7. The molecule has 0 aliphatic carbocycles. The molecule has 0 spiro atoms. The van der Waals surface area contributed by atoms with Crippen LogP contribution in [-0.4, -0.2) is 39.7 Å². The van der Waals surface area contributed by atoms with Crippen molar-refractivity contribution in [3.05, 3.63) is 33.1 Å². The molecule has 2 aromatic rings. The van der Waals surface area contributed by atoms with Gasteiger partial charge in [-0.1, -0.05) is 11.6 Å². The summed E-state index contributed by atoms with van der Waals surface area (Å²) in [6.07, 6.45) is 0.877. The van der Waals surface area contributed by atoms with Gasteiger partial charge in [0.1, 0.15) is 0 Å². The molecule has 0 aromatic carbocycles. The summed E-state index contributed by atoms with van der Waals surface area (Å²) in [7, 11) is 1.49. The largest absolute Gasteiger partial charge is 0.465 e.